The highest BCUT2D eigenvalue weighted by Gasteiger charge is 2.20. The van der Waals surface area contributed by atoms with Gasteiger partial charge in [-0.05, 0) is 37.0 Å². The SMILES string of the molecule is Cc1ccc(C(=CCCN2CCOC2=O)c2ccc(C)cc2)cc1. The Hall–Kier alpha value is -2.55. The third-order valence-electron chi connectivity index (χ3n) is 4.32. The van der Waals surface area contributed by atoms with E-state index in [1.54, 1.807) is 4.90 Å². The monoisotopic (exact) mass is 321 g/mol. The first-order valence-corrected chi connectivity index (χ1v) is 8.39. The van der Waals surface area contributed by atoms with Gasteiger partial charge in [-0.25, -0.2) is 4.79 Å². The van der Waals surface area contributed by atoms with Crippen LogP contribution in [0.4, 0.5) is 4.79 Å². The van der Waals surface area contributed by atoms with Gasteiger partial charge in [0.15, 0.2) is 0 Å². The van der Waals surface area contributed by atoms with E-state index in [4.69, 9.17) is 4.74 Å². The van der Waals surface area contributed by atoms with Crippen LogP contribution in [0, 0.1) is 13.8 Å². The van der Waals surface area contributed by atoms with E-state index in [9.17, 15) is 4.79 Å². The van der Waals surface area contributed by atoms with Crippen LogP contribution >= 0.6 is 0 Å². The predicted octanol–water partition coefficient (Wildman–Crippen LogP) is 4.58. The summed E-state index contributed by atoms with van der Waals surface area (Å²) in [5.41, 5.74) is 6.12. The number of amides is 1. The summed E-state index contributed by atoms with van der Waals surface area (Å²) in [6.07, 6.45) is 2.84. The summed E-state index contributed by atoms with van der Waals surface area (Å²) in [6.45, 7) is 6.08. The van der Waals surface area contributed by atoms with Gasteiger partial charge in [-0.15, -0.1) is 0 Å². The molecule has 1 heterocycles. The van der Waals surface area contributed by atoms with E-state index in [-0.39, 0.29) is 6.09 Å². The highest BCUT2D eigenvalue weighted by atomic mass is 16.6. The molecule has 0 radical (unpaired) electrons. The Balaban J connectivity index is 1.83. The fourth-order valence-electron chi connectivity index (χ4n) is 2.86. The Morgan fingerprint density at radius 1 is 1.00 bits per heavy atom. The van der Waals surface area contributed by atoms with Crippen molar-refractivity contribution in [2.75, 3.05) is 19.7 Å². The molecule has 124 valence electrons. The van der Waals surface area contributed by atoms with Crippen molar-refractivity contribution < 1.29 is 9.53 Å². The van der Waals surface area contributed by atoms with Crippen molar-refractivity contribution in [1.82, 2.24) is 4.90 Å². The molecule has 0 atom stereocenters. The molecule has 1 aliphatic heterocycles. The molecule has 0 aromatic heterocycles. The lowest BCUT2D eigenvalue weighted by Gasteiger charge is -2.13. The summed E-state index contributed by atoms with van der Waals surface area (Å²) >= 11 is 0. The molecule has 3 nitrogen and oxygen atoms in total. The fraction of sp³-hybridized carbons (Fsp3) is 0.286. The van der Waals surface area contributed by atoms with Gasteiger partial charge in [0.05, 0.1) is 6.54 Å². The van der Waals surface area contributed by atoms with Gasteiger partial charge in [-0.1, -0.05) is 65.7 Å². The molecular formula is C21H23NO2. The van der Waals surface area contributed by atoms with Crippen LogP contribution in [0.3, 0.4) is 0 Å². The van der Waals surface area contributed by atoms with Gasteiger partial charge in [0.25, 0.3) is 0 Å². The zero-order valence-corrected chi connectivity index (χ0v) is 14.3. The van der Waals surface area contributed by atoms with Gasteiger partial charge in [-0.2, -0.15) is 0 Å². The van der Waals surface area contributed by atoms with Gasteiger partial charge in [0.1, 0.15) is 6.61 Å². The van der Waals surface area contributed by atoms with Crippen molar-refractivity contribution in [3.8, 4) is 0 Å². The molecule has 0 saturated carbocycles. The quantitative estimate of drug-likeness (QED) is 0.807. The van der Waals surface area contributed by atoms with E-state index in [1.165, 1.54) is 27.8 Å². The molecule has 3 heteroatoms. The topological polar surface area (TPSA) is 29.5 Å². The average Bonchev–Trinajstić information content (AvgIpc) is 2.99. The number of carbonyl (C=O) groups excluding carboxylic acids is 1. The van der Waals surface area contributed by atoms with Crippen LogP contribution in [-0.4, -0.2) is 30.7 Å². The molecule has 1 saturated heterocycles. The number of aryl methyl sites for hydroxylation is 2. The number of ether oxygens (including phenoxy) is 1. The molecule has 2 aromatic carbocycles. The zero-order valence-electron chi connectivity index (χ0n) is 14.3. The van der Waals surface area contributed by atoms with Crippen LogP contribution in [-0.2, 0) is 4.74 Å². The Morgan fingerprint density at radius 2 is 1.54 bits per heavy atom. The number of hydrogen-bond acceptors (Lipinski definition) is 2. The summed E-state index contributed by atoms with van der Waals surface area (Å²) in [5.74, 6) is 0. The highest BCUT2D eigenvalue weighted by molar-refractivity contribution is 5.80. The van der Waals surface area contributed by atoms with Crippen LogP contribution in [0.1, 0.15) is 28.7 Å². The molecule has 3 rings (SSSR count). The van der Waals surface area contributed by atoms with Crippen molar-refractivity contribution in [2.45, 2.75) is 20.3 Å². The average molecular weight is 321 g/mol. The van der Waals surface area contributed by atoms with E-state index in [0.717, 1.165) is 6.42 Å². The second-order valence-electron chi connectivity index (χ2n) is 6.24. The molecule has 0 unspecified atom stereocenters. The van der Waals surface area contributed by atoms with Crippen LogP contribution in [0.15, 0.2) is 54.6 Å². The molecule has 1 fully saturated rings. The number of carbonyl (C=O) groups is 1. The third kappa shape index (κ3) is 3.85. The van der Waals surface area contributed by atoms with Gasteiger partial charge >= 0.3 is 6.09 Å². The second-order valence-corrected chi connectivity index (χ2v) is 6.24. The van der Waals surface area contributed by atoms with E-state index in [2.05, 4.69) is 68.5 Å². The lowest BCUT2D eigenvalue weighted by Crippen LogP contribution is -2.24. The molecule has 1 aliphatic rings. The maximum Gasteiger partial charge on any atom is 0.409 e. The van der Waals surface area contributed by atoms with Gasteiger partial charge in [0, 0.05) is 6.54 Å². The maximum absolute atomic E-state index is 11.5. The van der Waals surface area contributed by atoms with Crippen molar-refractivity contribution in [1.29, 1.82) is 0 Å². The molecule has 0 aliphatic carbocycles. The van der Waals surface area contributed by atoms with Crippen molar-refractivity contribution in [3.63, 3.8) is 0 Å². The van der Waals surface area contributed by atoms with E-state index < -0.39 is 0 Å². The number of cyclic esters (lactones) is 1. The first kappa shape index (κ1) is 16.3. The smallest absolute Gasteiger partial charge is 0.409 e. The van der Waals surface area contributed by atoms with Crippen LogP contribution in [0.5, 0.6) is 0 Å². The predicted molar refractivity (Wildman–Crippen MR) is 97.0 cm³/mol. The van der Waals surface area contributed by atoms with E-state index >= 15 is 0 Å². The molecular weight excluding hydrogens is 298 g/mol. The normalized spacial score (nSPS) is 13.8. The summed E-state index contributed by atoms with van der Waals surface area (Å²) in [6, 6.07) is 17.2. The van der Waals surface area contributed by atoms with Crippen LogP contribution < -0.4 is 0 Å². The zero-order chi connectivity index (χ0) is 16.9. The number of hydrogen-bond donors (Lipinski definition) is 0. The molecule has 0 spiro atoms. The lowest BCUT2D eigenvalue weighted by molar-refractivity contribution is 0.159. The van der Waals surface area contributed by atoms with Crippen LogP contribution in [0.25, 0.3) is 5.57 Å². The van der Waals surface area contributed by atoms with Crippen molar-refractivity contribution in [3.05, 3.63) is 76.9 Å². The highest BCUT2D eigenvalue weighted by Crippen LogP contribution is 2.25. The fourth-order valence-corrected chi connectivity index (χ4v) is 2.86. The second kappa shape index (κ2) is 7.35. The van der Waals surface area contributed by atoms with E-state index in [0.29, 0.717) is 19.7 Å². The molecule has 24 heavy (non-hydrogen) atoms. The van der Waals surface area contributed by atoms with Crippen molar-refractivity contribution >= 4 is 11.7 Å². The first-order valence-electron chi connectivity index (χ1n) is 8.39. The van der Waals surface area contributed by atoms with Gasteiger partial charge in [0.2, 0.25) is 0 Å². The summed E-state index contributed by atoms with van der Waals surface area (Å²) < 4.78 is 4.98. The maximum atomic E-state index is 11.5. The van der Waals surface area contributed by atoms with Crippen molar-refractivity contribution in [2.24, 2.45) is 0 Å². The van der Waals surface area contributed by atoms with E-state index in [1.807, 2.05) is 0 Å². The van der Waals surface area contributed by atoms with Gasteiger partial charge < -0.3 is 9.64 Å². The number of rotatable bonds is 5. The minimum atomic E-state index is -0.198. The largest absolute Gasteiger partial charge is 0.448 e. The molecule has 2 aromatic rings. The third-order valence-corrected chi connectivity index (χ3v) is 4.32. The van der Waals surface area contributed by atoms with Crippen LogP contribution in [0.2, 0.25) is 0 Å². The molecule has 0 bridgehead atoms. The first-order chi connectivity index (χ1) is 11.6. The summed E-state index contributed by atoms with van der Waals surface area (Å²) in [7, 11) is 0. The standard InChI is InChI=1S/C21H23NO2/c1-16-5-9-18(10-6-16)20(19-11-7-17(2)8-12-19)4-3-13-22-14-15-24-21(22)23/h4-12H,3,13-15H2,1-2H3. The minimum Gasteiger partial charge on any atom is -0.448 e. The summed E-state index contributed by atoms with van der Waals surface area (Å²) in [4.78, 5) is 13.3. The molecule has 1 amide bonds. The molecule has 0 N–H and O–H groups in total. The van der Waals surface area contributed by atoms with Gasteiger partial charge in [-0.3, -0.25) is 0 Å². The Kier molecular flexibility index (Phi) is 4.99. The Bertz CT molecular complexity index is 682. The number of nitrogens with zero attached hydrogens (tertiary/aromatic N) is 1. The Labute approximate surface area is 143 Å². The Morgan fingerprint density at radius 3 is 2.00 bits per heavy atom. The lowest BCUT2D eigenvalue weighted by atomic mass is 9.95. The summed E-state index contributed by atoms with van der Waals surface area (Å²) in [5, 5.41) is 0. The number of benzene rings is 2. The minimum absolute atomic E-state index is 0.198.